The number of nitrogens with zero attached hydrogens (tertiary/aromatic N) is 1. The maximum Gasteiger partial charge on any atom is 0.193 e. The van der Waals surface area contributed by atoms with E-state index in [4.69, 9.17) is 10.5 Å². The molecule has 0 bridgehead atoms. The SMILES string of the molecule is COc1ccc2cc(CN=C(N)Nc3cccc(C)c3)ccc2c1. The summed E-state index contributed by atoms with van der Waals surface area (Å²) in [5.41, 5.74) is 9.21. The van der Waals surface area contributed by atoms with Gasteiger partial charge in [-0.3, -0.25) is 0 Å². The van der Waals surface area contributed by atoms with Crippen LogP contribution in [-0.4, -0.2) is 13.1 Å². The highest BCUT2D eigenvalue weighted by Gasteiger charge is 2.00. The molecular formula is C20H21N3O. The number of nitrogens with one attached hydrogen (secondary N) is 1. The second-order valence-corrected chi connectivity index (χ2v) is 5.74. The van der Waals surface area contributed by atoms with Gasteiger partial charge in [-0.2, -0.15) is 0 Å². The van der Waals surface area contributed by atoms with E-state index in [2.05, 4.69) is 34.6 Å². The lowest BCUT2D eigenvalue weighted by atomic mass is 10.1. The highest BCUT2D eigenvalue weighted by atomic mass is 16.5. The summed E-state index contributed by atoms with van der Waals surface area (Å²) in [5.74, 6) is 1.27. The fourth-order valence-electron chi connectivity index (χ4n) is 2.59. The summed E-state index contributed by atoms with van der Waals surface area (Å²) in [6.07, 6.45) is 0. The molecule has 0 aromatic heterocycles. The van der Waals surface area contributed by atoms with Gasteiger partial charge in [0.05, 0.1) is 13.7 Å². The Hall–Kier alpha value is -3.01. The van der Waals surface area contributed by atoms with E-state index in [9.17, 15) is 0 Å². The van der Waals surface area contributed by atoms with Crippen LogP contribution in [0.15, 0.2) is 65.7 Å². The zero-order valence-electron chi connectivity index (χ0n) is 13.9. The highest BCUT2D eigenvalue weighted by molar-refractivity contribution is 5.92. The largest absolute Gasteiger partial charge is 0.497 e. The van der Waals surface area contributed by atoms with Crippen LogP contribution in [0.5, 0.6) is 5.75 Å². The van der Waals surface area contributed by atoms with Crippen molar-refractivity contribution in [1.29, 1.82) is 0 Å². The Morgan fingerprint density at radius 3 is 2.62 bits per heavy atom. The molecule has 0 radical (unpaired) electrons. The Bertz CT molecular complexity index is 887. The van der Waals surface area contributed by atoms with Gasteiger partial charge in [-0.15, -0.1) is 0 Å². The topological polar surface area (TPSA) is 59.6 Å². The first-order valence-corrected chi connectivity index (χ1v) is 7.84. The van der Waals surface area contributed by atoms with Crippen LogP contribution in [0.2, 0.25) is 0 Å². The van der Waals surface area contributed by atoms with Crippen molar-refractivity contribution in [3.8, 4) is 5.75 Å². The number of aliphatic imine (C=N–C) groups is 1. The van der Waals surface area contributed by atoms with Crippen LogP contribution < -0.4 is 15.8 Å². The summed E-state index contributed by atoms with van der Waals surface area (Å²) < 4.78 is 5.25. The molecule has 3 aromatic rings. The van der Waals surface area contributed by atoms with Gasteiger partial charge in [0.2, 0.25) is 0 Å². The molecule has 0 aliphatic heterocycles. The molecule has 0 atom stereocenters. The summed E-state index contributed by atoms with van der Waals surface area (Å²) in [5, 5.41) is 5.42. The Morgan fingerprint density at radius 1 is 1.04 bits per heavy atom. The third kappa shape index (κ3) is 3.84. The Kier molecular flexibility index (Phi) is 4.66. The number of anilines is 1. The highest BCUT2D eigenvalue weighted by Crippen LogP contribution is 2.22. The van der Waals surface area contributed by atoms with Gasteiger partial charge in [-0.25, -0.2) is 4.99 Å². The molecule has 24 heavy (non-hydrogen) atoms. The number of hydrogen-bond acceptors (Lipinski definition) is 2. The van der Waals surface area contributed by atoms with Crippen molar-refractivity contribution < 1.29 is 4.74 Å². The van der Waals surface area contributed by atoms with E-state index in [-0.39, 0.29) is 0 Å². The maximum absolute atomic E-state index is 5.98. The van der Waals surface area contributed by atoms with Gasteiger partial charge in [0, 0.05) is 5.69 Å². The molecule has 0 aliphatic carbocycles. The number of methoxy groups -OCH3 is 1. The van der Waals surface area contributed by atoms with Crippen molar-refractivity contribution in [2.24, 2.45) is 10.7 Å². The van der Waals surface area contributed by atoms with Gasteiger partial charge in [0.15, 0.2) is 5.96 Å². The van der Waals surface area contributed by atoms with Crippen LogP contribution in [0, 0.1) is 6.92 Å². The monoisotopic (exact) mass is 319 g/mol. The zero-order valence-corrected chi connectivity index (χ0v) is 13.9. The van der Waals surface area contributed by atoms with Crippen molar-refractivity contribution in [3.05, 3.63) is 71.8 Å². The molecule has 3 N–H and O–H groups in total. The smallest absolute Gasteiger partial charge is 0.193 e. The molecule has 4 heteroatoms. The van der Waals surface area contributed by atoms with Crippen LogP contribution in [-0.2, 0) is 6.54 Å². The molecule has 0 heterocycles. The summed E-state index contributed by atoms with van der Waals surface area (Å²) in [6, 6.07) is 20.3. The van der Waals surface area contributed by atoms with E-state index in [1.54, 1.807) is 7.11 Å². The molecule has 3 aromatic carbocycles. The van der Waals surface area contributed by atoms with Crippen LogP contribution in [0.4, 0.5) is 5.69 Å². The first-order chi connectivity index (χ1) is 11.6. The second kappa shape index (κ2) is 7.04. The van der Waals surface area contributed by atoms with Crippen molar-refractivity contribution >= 4 is 22.4 Å². The predicted octanol–water partition coefficient (Wildman–Crippen LogP) is 4.08. The van der Waals surface area contributed by atoms with Crippen LogP contribution in [0.25, 0.3) is 10.8 Å². The number of hydrogen-bond donors (Lipinski definition) is 2. The minimum Gasteiger partial charge on any atom is -0.497 e. The summed E-state index contributed by atoms with van der Waals surface area (Å²) >= 11 is 0. The summed E-state index contributed by atoms with van der Waals surface area (Å²) in [4.78, 5) is 4.42. The Balaban J connectivity index is 1.72. The van der Waals surface area contributed by atoms with Crippen LogP contribution in [0.3, 0.4) is 0 Å². The molecule has 0 aliphatic rings. The number of benzene rings is 3. The third-order valence-electron chi connectivity index (χ3n) is 3.83. The number of fused-ring (bicyclic) bond motifs is 1. The molecule has 0 saturated heterocycles. The first kappa shape index (κ1) is 15.9. The quantitative estimate of drug-likeness (QED) is 0.562. The lowest BCUT2D eigenvalue weighted by molar-refractivity contribution is 0.415. The van der Waals surface area contributed by atoms with Gasteiger partial charge < -0.3 is 15.8 Å². The van der Waals surface area contributed by atoms with Crippen molar-refractivity contribution in [3.63, 3.8) is 0 Å². The number of guanidine groups is 1. The molecule has 0 fully saturated rings. The molecular weight excluding hydrogens is 298 g/mol. The number of aryl methyl sites for hydroxylation is 1. The fraction of sp³-hybridized carbons (Fsp3) is 0.150. The van der Waals surface area contributed by atoms with E-state index in [0.717, 1.165) is 27.8 Å². The molecule has 0 unspecified atom stereocenters. The minimum absolute atomic E-state index is 0.412. The normalized spacial score (nSPS) is 11.5. The van der Waals surface area contributed by atoms with E-state index in [1.807, 2.05) is 43.3 Å². The summed E-state index contributed by atoms with van der Waals surface area (Å²) in [6.45, 7) is 2.58. The summed E-state index contributed by atoms with van der Waals surface area (Å²) in [7, 11) is 1.67. The zero-order chi connectivity index (χ0) is 16.9. The second-order valence-electron chi connectivity index (χ2n) is 5.74. The van der Waals surface area contributed by atoms with Gasteiger partial charge in [0.25, 0.3) is 0 Å². The molecule has 0 amide bonds. The van der Waals surface area contributed by atoms with Gasteiger partial charge in [0.1, 0.15) is 5.75 Å². The van der Waals surface area contributed by atoms with Gasteiger partial charge in [-0.05, 0) is 59.2 Å². The third-order valence-corrected chi connectivity index (χ3v) is 3.83. The van der Waals surface area contributed by atoms with Crippen molar-refractivity contribution in [1.82, 2.24) is 0 Å². The van der Waals surface area contributed by atoms with Crippen LogP contribution >= 0.6 is 0 Å². The van der Waals surface area contributed by atoms with Gasteiger partial charge >= 0.3 is 0 Å². The standard InChI is InChI=1S/C20H21N3O/c1-14-4-3-5-18(10-14)23-20(21)22-13-15-6-7-17-12-19(24-2)9-8-16(17)11-15/h3-12H,13H2,1-2H3,(H3,21,22,23). The Morgan fingerprint density at radius 2 is 1.83 bits per heavy atom. The molecule has 4 nitrogen and oxygen atoms in total. The maximum atomic E-state index is 5.98. The molecule has 0 spiro atoms. The van der Waals surface area contributed by atoms with Crippen molar-refractivity contribution in [2.75, 3.05) is 12.4 Å². The lowest BCUT2D eigenvalue weighted by Crippen LogP contribution is -2.22. The van der Waals surface area contributed by atoms with E-state index in [0.29, 0.717) is 12.5 Å². The average molecular weight is 319 g/mol. The number of rotatable bonds is 4. The van der Waals surface area contributed by atoms with E-state index in [1.165, 1.54) is 5.56 Å². The number of ether oxygens (including phenoxy) is 1. The first-order valence-electron chi connectivity index (χ1n) is 7.84. The number of nitrogens with two attached hydrogens (primary N) is 1. The van der Waals surface area contributed by atoms with E-state index < -0.39 is 0 Å². The molecule has 0 saturated carbocycles. The molecule has 122 valence electrons. The average Bonchev–Trinajstić information content (AvgIpc) is 2.59. The van der Waals surface area contributed by atoms with Gasteiger partial charge in [-0.1, -0.05) is 30.3 Å². The van der Waals surface area contributed by atoms with E-state index >= 15 is 0 Å². The predicted molar refractivity (Wildman–Crippen MR) is 101 cm³/mol. The lowest BCUT2D eigenvalue weighted by Gasteiger charge is -2.07. The fourth-order valence-corrected chi connectivity index (χ4v) is 2.59. The van der Waals surface area contributed by atoms with Crippen molar-refractivity contribution in [2.45, 2.75) is 13.5 Å². The Labute approximate surface area is 142 Å². The van der Waals surface area contributed by atoms with Crippen LogP contribution in [0.1, 0.15) is 11.1 Å². The minimum atomic E-state index is 0.412. The molecule has 3 rings (SSSR count).